The number of aliphatic hydroxyl groups excluding tert-OH is 3. The lowest BCUT2D eigenvalue weighted by Crippen LogP contribution is -2.35. The minimum Gasteiger partial charge on any atom is -0.465 e. The molecular formula is C21H40O7. The number of rotatable bonds is 17. The van der Waals surface area contributed by atoms with Crippen LogP contribution in [0.2, 0.25) is 0 Å². The number of hydrogen-bond acceptors (Lipinski definition) is 7. The van der Waals surface area contributed by atoms with Crippen LogP contribution in [-0.4, -0.2) is 59.3 Å². The normalized spacial score (nSPS) is 15.5. The largest absolute Gasteiger partial charge is 0.465 e. The van der Waals surface area contributed by atoms with Crippen LogP contribution in [-0.2, 0) is 19.1 Å². The van der Waals surface area contributed by atoms with Gasteiger partial charge in [-0.2, -0.15) is 0 Å². The summed E-state index contributed by atoms with van der Waals surface area (Å²) < 4.78 is 10.4. The lowest BCUT2D eigenvalue weighted by Gasteiger charge is -2.26. The molecule has 0 bridgehead atoms. The summed E-state index contributed by atoms with van der Waals surface area (Å²) in [5.74, 6) is -0.778. The van der Waals surface area contributed by atoms with Gasteiger partial charge in [0, 0.05) is 12.8 Å². The third kappa shape index (κ3) is 13.9. The van der Waals surface area contributed by atoms with Gasteiger partial charge in [0.25, 0.3) is 0 Å². The van der Waals surface area contributed by atoms with Crippen molar-refractivity contribution in [3.8, 4) is 0 Å². The summed E-state index contributed by atoms with van der Waals surface area (Å²) in [6.45, 7) is 5.32. The van der Waals surface area contributed by atoms with Crippen LogP contribution in [0.25, 0.3) is 0 Å². The zero-order chi connectivity index (χ0) is 21.4. The highest BCUT2D eigenvalue weighted by Gasteiger charge is 2.28. The van der Waals surface area contributed by atoms with Gasteiger partial charge in [-0.05, 0) is 38.5 Å². The minimum absolute atomic E-state index is 0.0393. The second-order valence-corrected chi connectivity index (χ2v) is 7.96. The SMILES string of the molecule is CCCC(O)CCCC(=O)OCC(C)(CO)COC(=O)CCCC(O)CCC. The molecule has 28 heavy (non-hydrogen) atoms. The third-order valence-electron chi connectivity index (χ3n) is 4.63. The molecule has 3 N–H and O–H groups in total. The second-order valence-electron chi connectivity index (χ2n) is 7.96. The third-order valence-corrected chi connectivity index (χ3v) is 4.63. The Morgan fingerprint density at radius 2 is 1.21 bits per heavy atom. The standard InChI is InChI=1S/C21H40O7/c1-4-8-17(23)10-6-12-19(25)27-15-21(3,14-22)16-28-20(26)13-7-11-18(24)9-5-2/h17-18,22-24H,4-16H2,1-3H3. The molecule has 0 radical (unpaired) electrons. The van der Waals surface area contributed by atoms with E-state index in [1.165, 1.54) is 0 Å². The first-order valence-electron chi connectivity index (χ1n) is 10.5. The molecule has 7 nitrogen and oxygen atoms in total. The molecule has 0 aliphatic rings. The number of aliphatic hydroxyl groups is 3. The van der Waals surface area contributed by atoms with E-state index >= 15 is 0 Å². The Bertz CT molecular complexity index is 391. The van der Waals surface area contributed by atoms with Crippen molar-refractivity contribution in [3.63, 3.8) is 0 Å². The molecule has 0 aromatic carbocycles. The molecule has 0 rings (SSSR count). The Hall–Kier alpha value is -1.18. The van der Waals surface area contributed by atoms with Gasteiger partial charge < -0.3 is 24.8 Å². The monoisotopic (exact) mass is 404 g/mol. The van der Waals surface area contributed by atoms with Gasteiger partial charge in [0.15, 0.2) is 0 Å². The van der Waals surface area contributed by atoms with E-state index in [1.807, 2.05) is 13.8 Å². The maximum absolute atomic E-state index is 11.8. The molecule has 0 amide bonds. The molecule has 0 fully saturated rings. The number of carbonyl (C=O) groups is 2. The fourth-order valence-electron chi connectivity index (χ4n) is 2.71. The van der Waals surface area contributed by atoms with Gasteiger partial charge in [0.05, 0.1) is 24.2 Å². The van der Waals surface area contributed by atoms with E-state index in [1.54, 1.807) is 6.92 Å². The summed E-state index contributed by atoms with van der Waals surface area (Å²) in [6, 6.07) is 0. The lowest BCUT2D eigenvalue weighted by molar-refractivity contribution is -0.155. The van der Waals surface area contributed by atoms with Crippen molar-refractivity contribution in [2.75, 3.05) is 19.8 Å². The van der Waals surface area contributed by atoms with Crippen LogP contribution >= 0.6 is 0 Å². The first-order chi connectivity index (χ1) is 13.3. The first-order valence-corrected chi connectivity index (χ1v) is 10.5. The van der Waals surface area contributed by atoms with Crippen molar-refractivity contribution < 1.29 is 34.4 Å². The van der Waals surface area contributed by atoms with Crippen LogP contribution in [0, 0.1) is 5.41 Å². The van der Waals surface area contributed by atoms with Gasteiger partial charge in [-0.15, -0.1) is 0 Å². The van der Waals surface area contributed by atoms with Crippen LogP contribution < -0.4 is 0 Å². The molecule has 0 saturated heterocycles. The Kier molecular flexibility index (Phi) is 15.0. The van der Waals surface area contributed by atoms with E-state index in [4.69, 9.17) is 9.47 Å². The topological polar surface area (TPSA) is 113 Å². The van der Waals surface area contributed by atoms with Crippen LogP contribution in [0.5, 0.6) is 0 Å². The predicted molar refractivity (Wildman–Crippen MR) is 107 cm³/mol. The van der Waals surface area contributed by atoms with E-state index in [2.05, 4.69) is 0 Å². The summed E-state index contributed by atoms with van der Waals surface area (Å²) in [6.07, 6.45) is 5.12. The van der Waals surface area contributed by atoms with Gasteiger partial charge in [-0.25, -0.2) is 0 Å². The summed E-state index contributed by atoms with van der Waals surface area (Å²) in [7, 11) is 0. The summed E-state index contributed by atoms with van der Waals surface area (Å²) in [4.78, 5) is 23.6. The smallest absolute Gasteiger partial charge is 0.305 e. The highest BCUT2D eigenvalue weighted by Crippen LogP contribution is 2.18. The highest BCUT2D eigenvalue weighted by atomic mass is 16.5. The van der Waals surface area contributed by atoms with Gasteiger partial charge >= 0.3 is 11.9 Å². The average molecular weight is 405 g/mol. The molecule has 2 unspecified atom stereocenters. The molecule has 0 aliphatic heterocycles. The van der Waals surface area contributed by atoms with Crippen LogP contribution in [0.4, 0.5) is 0 Å². The van der Waals surface area contributed by atoms with E-state index < -0.39 is 5.41 Å². The second kappa shape index (κ2) is 15.7. The Morgan fingerprint density at radius 3 is 1.54 bits per heavy atom. The summed E-state index contributed by atoms with van der Waals surface area (Å²) >= 11 is 0. The molecule has 0 aromatic heterocycles. The van der Waals surface area contributed by atoms with Crippen molar-refractivity contribution in [2.24, 2.45) is 5.41 Å². The van der Waals surface area contributed by atoms with E-state index in [-0.39, 0.29) is 56.8 Å². The number of ether oxygens (including phenoxy) is 2. The fraction of sp³-hybridized carbons (Fsp3) is 0.905. The van der Waals surface area contributed by atoms with Crippen molar-refractivity contribution in [2.45, 2.75) is 97.2 Å². The molecule has 0 saturated carbocycles. The average Bonchev–Trinajstić information content (AvgIpc) is 2.65. The lowest BCUT2D eigenvalue weighted by atomic mass is 9.94. The van der Waals surface area contributed by atoms with E-state index in [9.17, 15) is 24.9 Å². The van der Waals surface area contributed by atoms with E-state index in [0.29, 0.717) is 25.7 Å². The predicted octanol–water partition coefficient (Wildman–Crippen LogP) is 2.73. The molecular weight excluding hydrogens is 364 g/mol. The molecule has 2 atom stereocenters. The van der Waals surface area contributed by atoms with Gasteiger partial charge in [-0.1, -0.05) is 33.6 Å². The van der Waals surface area contributed by atoms with Crippen LogP contribution in [0.3, 0.4) is 0 Å². The zero-order valence-electron chi connectivity index (χ0n) is 17.8. The maximum Gasteiger partial charge on any atom is 0.305 e. The van der Waals surface area contributed by atoms with Crippen molar-refractivity contribution in [3.05, 3.63) is 0 Å². The Balaban J connectivity index is 4.06. The summed E-state index contributed by atoms with van der Waals surface area (Å²) in [5, 5.41) is 28.9. The van der Waals surface area contributed by atoms with E-state index in [0.717, 1.165) is 25.7 Å². The van der Waals surface area contributed by atoms with Crippen LogP contribution in [0.1, 0.15) is 85.0 Å². The Labute approximate surface area is 169 Å². The Morgan fingerprint density at radius 1 is 0.821 bits per heavy atom. The van der Waals surface area contributed by atoms with Crippen LogP contribution in [0.15, 0.2) is 0 Å². The van der Waals surface area contributed by atoms with Crippen molar-refractivity contribution in [1.29, 1.82) is 0 Å². The quantitative estimate of drug-likeness (QED) is 0.319. The molecule has 0 aromatic rings. The number of hydrogen-bond donors (Lipinski definition) is 3. The minimum atomic E-state index is -0.852. The fourth-order valence-corrected chi connectivity index (χ4v) is 2.71. The first kappa shape index (κ1) is 26.8. The zero-order valence-corrected chi connectivity index (χ0v) is 17.8. The highest BCUT2D eigenvalue weighted by molar-refractivity contribution is 5.69. The van der Waals surface area contributed by atoms with Gasteiger partial charge in [-0.3, -0.25) is 9.59 Å². The number of carbonyl (C=O) groups excluding carboxylic acids is 2. The van der Waals surface area contributed by atoms with Crippen molar-refractivity contribution >= 4 is 11.9 Å². The van der Waals surface area contributed by atoms with Gasteiger partial charge in [0.2, 0.25) is 0 Å². The maximum atomic E-state index is 11.8. The molecule has 0 aliphatic carbocycles. The molecule has 0 heterocycles. The number of esters is 2. The molecule has 166 valence electrons. The molecule has 7 heteroatoms. The summed E-state index contributed by atoms with van der Waals surface area (Å²) in [5.41, 5.74) is -0.852. The van der Waals surface area contributed by atoms with Gasteiger partial charge in [0.1, 0.15) is 13.2 Å². The van der Waals surface area contributed by atoms with Crippen molar-refractivity contribution in [1.82, 2.24) is 0 Å². The molecule has 0 spiro atoms.